The van der Waals surface area contributed by atoms with Gasteiger partial charge in [-0.25, -0.2) is 4.98 Å². The second-order valence-electron chi connectivity index (χ2n) is 8.87. The lowest BCUT2D eigenvalue weighted by molar-refractivity contribution is -0.113. The molecule has 0 saturated heterocycles. The molecule has 0 unspecified atom stereocenters. The molecule has 0 spiro atoms. The molecule has 0 aliphatic heterocycles. The van der Waals surface area contributed by atoms with Crippen LogP contribution in [0, 0.1) is 27.7 Å². The number of nitrogens with one attached hydrogen (secondary N) is 1. The number of amides is 1. The molecule has 0 bridgehead atoms. The molecule has 1 amide bonds. The van der Waals surface area contributed by atoms with E-state index in [1.807, 2.05) is 82.3 Å². The third-order valence-electron chi connectivity index (χ3n) is 5.67. The number of nitrogens with zero attached hydrogens (tertiary/aromatic N) is 2. The van der Waals surface area contributed by atoms with Crippen molar-refractivity contribution in [2.45, 2.75) is 32.9 Å². The fourth-order valence-corrected chi connectivity index (χ4v) is 5.21. The number of carbonyl (C=O) groups is 1. The van der Waals surface area contributed by atoms with Gasteiger partial charge in [-0.05, 0) is 86.3 Å². The minimum absolute atomic E-state index is 0.103. The van der Waals surface area contributed by atoms with Crippen molar-refractivity contribution < 1.29 is 9.21 Å². The van der Waals surface area contributed by atoms with Crippen molar-refractivity contribution in [3.05, 3.63) is 93.3 Å². The molecule has 0 radical (unpaired) electrons. The number of carbonyl (C=O) groups excluding carboxylic acids is 1. The zero-order valence-corrected chi connectivity index (χ0v) is 20.8. The van der Waals surface area contributed by atoms with E-state index >= 15 is 0 Å². The third kappa shape index (κ3) is 4.59. The van der Waals surface area contributed by atoms with Crippen molar-refractivity contribution >= 4 is 45.4 Å². The summed E-state index contributed by atoms with van der Waals surface area (Å²) >= 11 is 1.23. The first-order chi connectivity index (χ1) is 16.8. The van der Waals surface area contributed by atoms with Crippen LogP contribution in [0.5, 0.6) is 0 Å². The van der Waals surface area contributed by atoms with Gasteiger partial charge in [-0.2, -0.15) is 0 Å². The first-order valence-corrected chi connectivity index (χ1v) is 12.3. The fourth-order valence-electron chi connectivity index (χ4n) is 4.40. The van der Waals surface area contributed by atoms with Gasteiger partial charge in [0, 0.05) is 11.1 Å². The predicted octanol–water partition coefficient (Wildman–Crippen LogP) is 6.10. The second-order valence-corrected chi connectivity index (χ2v) is 9.81. The van der Waals surface area contributed by atoms with Crippen LogP contribution in [0.25, 0.3) is 27.8 Å². The van der Waals surface area contributed by atoms with Crippen molar-refractivity contribution in [1.29, 1.82) is 0 Å². The largest absolute Gasteiger partial charge is 0.448 e. The number of aromatic nitrogens is 2. The number of hydrogen-bond donors (Lipinski definition) is 1. The van der Waals surface area contributed by atoms with E-state index in [2.05, 4.69) is 11.4 Å². The lowest BCUT2D eigenvalue weighted by atomic mass is 10.1. The summed E-state index contributed by atoms with van der Waals surface area (Å²) in [5.74, 6) is -0.0655. The average molecular weight is 484 g/mol. The third-order valence-corrected chi connectivity index (χ3v) is 6.61. The van der Waals surface area contributed by atoms with Crippen molar-refractivity contribution in [1.82, 2.24) is 9.55 Å². The van der Waals surface area contributed by atoms with Crippen LogP contribution < -0.4 is 10.9 Å². The topological polar surface area (TPSA) is 77.1 Å². The molecule has 0 saturated carbocycles. The molecule has 35 heavy (non-hydrogen) atoms. The number of benzene rings is 3. The Labute approximate surface area is 207 Å². The van der Waals surface area contributed by atoms with Crippen LogP contribution in [-0.2, 0) is 4.79 Å². The van der Waals surface area contributed by atoms with E-state index in [0.717, 1.165) is 33.3 Å². The summed E-state index contributed by atoms with van der Waals surface area (Å²) in [5.41, 5.74) is 6.68. The molecule has 2 heterocycles. The van der Waals surface area contributed by atoms with Crippen molar-refractivity contribution in [2.75, 3.05) is 11.1 Å². The molecule has 0 fully saturated rings. The molecule has 5 rings (SSSR count). The van der Waals surface area contributed by atoms with Crippen LogP contribution in [0.1, 0.15) is 22.3 Å². The van der Waals surface area contributed by atoms with E-state index in [-0.39, 0.29) is 22.8 Å². The van der Waals surface area contributed by atoms with Crippen LogP contribution in [0.15, 0.2) is 75.0 Å². The smallest absolute Gasteiger partial charge is 0.302 e. The number of anilines is 1. The van der Waals surface area contributed by atoms with Gasteiger partial charge in [0.05, 0.1) is 11.4 Å². The number of thioether (sulfide) groups is 1. The number of fused-ring (bicyclic) bond motifs is 3. The summed E-state index contributed by atoms with van der Waals surface area (Å²) in [6, 6.07) is 19.3. The summed E-state index contributed by atoms with van der Waals surface area (Å²) in [6.07, 6.45) is 0. The maximum absolute atomic E-state index is 13.7. The highest BCUT2D eigenvalue weighted by Gasteiger charge is 2.20. The predicted molar refractivity (Wildman–Crippen MR) is 142 cm³/mol. The molecule has 176 valence electrons. The number of furan rings is 1. The summed E-state index contributed by atoms with van der Waals surface area (Å²) < 4.78 is 7.44. The minimum Gasteiger partial charge on any atom is -0.448 e. The van der Waals surface area contributed by atoms with Crippen LogP contribution in [0.4, 0.5) is 5.69 Å². The molecule has 6 nitrogen and oxygen atoms in total. The Morgan fingerprint density at radius 2 is 1.57 bits per heavy atom. The molecular weight excluding hydrogens is 458 g/mol. The standard InChI is InChI=1S/C28H25N3O3S/c1-16-9-17(2)12-20(11-16)29-24(32)15-35-28-30-25-22-7-5-6-8-23(22)34-26(25)27(33)31(28)21-13-18(3)10-19(4)14-21/h5-14H,15H2,1-4H3,(H,29,32). The first-order valence-electron chi connectivity index (χ1n) is 11.3. The highest BCUT2D eigenvalue weighted by atomic mass is 32.2. The van der Waals surface area contributed by atoms with Crippen LogP contribution >= 0.6 is 11.8 Å². The highest BCUT2D eigenvalue weighted by Crippen LogP contribution is 2.29. The van der Waals surface area contributed by atoms with E-state index in [9.17, 15) is 9.59 Å². The number of aryl methyl sites for hydroxylation is 4. The maximum Gasteiger partial charge on any atom is 0.302 e. The molecular formula is C28H25N3O3S. The minimum atomic E-state index is -0.298. The van der Waals surface area contributed by atoms with Gasteiger partial charge < -0.3 is 9.73 Å². The summed E-state index contributed by atoms with van der Waals surface area (Å²) in [4.78, 5) is 31.3. The van der Waals surface area contributed by atoms with Crippen LogP contribution in [0.2, 0.25) is 0 Å². The maximum atomic E-state index is 13.7. The molecule has 1 N–H and O–H groups in total. The van der Waals surface area contributed by atoms with E-state index < -0.39 is 0 Å². The van der Waals surface area contributed by atoms with Crippen molar-refractivity contribution in [2.24, 2.45) is 0 Å². The number of para-hydroxylation sites is 1. The van der Waals surface area contributed by atoms with E-state index in [0.29, 0.717) is 21.9 Å². The Morgan fingerprint density at radius 3 is 2.26 bits per heavy atom. The van der Waals surface area contributed by atoms with Gasteiger partial charge in [0.1, 0.15) is 11.1 Å². The van der Waals surface area contributed by atoms with E-state index in [1.165, 1.54) is 11.8 Å². The van der Waals surface area contributed by atoms with Gasteiger partial charge in [-0.3, -0.25) is 14.2 Å². The van der Waals surface area contributed by atoms with Crippen LogP contribution in [-0.4, -0.2) is 21.2 Å². The van der Waals surface area contributed by atoms with Crippen molar-refractivity contribution in [3.8, 4) is 5.69 Å². The van der Waals surface area contributed by atoms with Gasteiger partial charge in [0.2, 0.25) is 11.5 Å². The molecule has 7 heteroatoms. The molecule has 0 atom stereocenters. The molecule has 2 aromatic heterocycles. The van der Waals surface area contributed by atoms with E-state index in [4.69, 9.17) is 9.40 Å². The van der Waals surface area contributed by atoms with Gasteiger partial charge >= 0.3 is 5.56 Å². The summed E-state index contributed by atoms with van der Waals surface area (Å²) in [5, 5.41) is 4.17. The Balaban J connectivity index is 1.57. The molecule has 3 aromatic carbocycles. The van der Waals surface area contributed by atoms with E-state index in [1.54, 1.807) is 4.57 Å². The lowest BCUT2D eigenvalue weighted by Crippen LogP contribution is -2.22. The highest BCUT2D eigenvalue weighted by molar-refractivity contribution is 7.99. The quantitative estimate of drug-likeness (QED) is 0.242. The van der Waals surface area contributed by atoms with Gasteiger partial charge in [-0.1, -0.05) is 36.0 Å². The number of hydrogen-bond acceptors (Lipinski definition) is 5. The van der Waals surface area contributed by atoms with Gasteiger partial charge in [-0.15, -0.1) is 0 Å². The Morgan fingerprint density at radius 1 is 0.943 bits per heavy atom. The Hall–Kier alpha value is -3.84. The molecule has 0 aliphatic carbocycles. The second kappa shape index (κ2) is 9.07. The zero-order valence-electron chi connectivity index (χ0n) is 20.0. The van der Waals surface area contributed by atoms with Crippen molar-refractivity contribution in [3.63, 3.8) is 0 Å². The Bertz CT molecular complexity index is 1630. The van der Waals surface area contributed by atoms with Gasteiger partial charge in [0.15, 0.2) is 5.16 Å². The zero-order chi connectivity index (χ0) is 24.7. The Kier molecular flexibility index (Phi) is 5.94. The normalized spacial score (nSPS) is 11.3. The fraction of sp³-hybridized carbons (Fsp3) is 0.179. The number of rotatable bonds is 5. The lowest BCUT2D eigenvalue weighted by Gasteiger charge is -2.13. The molecule has 0 aliphatic rings. The first kappa shape index (κ1) is 22.9. The van der Waals surface area contributed by atoms with Gasteiger partial charge in [0.25, 0.3) is 0 Å². The monoisotopic (exact) mass is 483 g/mol. The summed E-state index contributed by atoms with van der Waals surface area (Å²) in [7, 11) is 0. The molecule has 5 aromatic rings. The SMILES string of the molecule is Cc1cc(C)cc(NC(=O)CSc2nc3c(oc4ccccc43)c(=O)n2-c2cc(C)cc(C)c2)c1. The average Bonchev–Trinajstić information content (AvgIpc) is 3.15. The summed E-state index contributed by atoms with van der Waals surface area (Å²) in [6.45, 7) is 7.96. The van der Waals surface area contributed by atoms with Crippen LogP contribution in [0.3, 0.4) is 0 Å².